The second-order valence-corrected chi connectivity index (χ2v) is 5.14. The molecule has 90 valence electrons. The largest absolute Gasteiger partial charge is 0.489 e. The molecule has 0 aliphatic heterocycles. The fraction of sp³-hybridized carbons (Fsp3) is 0.545. The molecule has 0 aliphatic rings. The Morgan fingerprint density at radius 2 is 2.12 bits per heavy atom. The van der Waals surface area contributed by atoms with Crippen LogP contribution in [0.2, 0.25) is 0 Å². The van der Waals surface area contributed by atoms with Crippen LogP contribution in [0.25, 0.3) is 0 Å². The Bertz CT molecular complexity index is 351. The number of hydrogen-bond acceptors (Lipinski definition) is 4. The second-order valence-electron chi connectivity index (χ2n) is 4.23. The molecule has 0 aliphatic carbocycles. The van der Waals surface area contributed by atoms with E-state index in [-0.39, 0.29) is 10.5 Å². The zero-order valence-electron chi connectivity index (χ0n) is 9.65. The normalized spacial score (nSPS) is 11.4. The third-order valence-corrected chi connectivity index (χ3v) is 2.58. The molecule has 1 aromatic heterocycles. The Labute approximate surface area is 98.8 Å². The first-order chi connectivity index (χ1) is 7.40. The van der Waals surface area contributed by atoms with E-state index in [0.29, 0.717) is 19.0 Å². The Hall–Kier alpha value is -1.07. The molecule has 1 heterocycles. The van der Waals surface area contributed by atoms with E-state index in [2.05, 4.69) is 0 Å². The third-order valence-electron chi connectivity index (χ3n) is 1.70. The fourth-order valence-corrected chi connectivity index (χ4v) is 1.74. The van der Waals surface area contributed by atoms with E-state index in [0.717, 1.165) is 11.3 Å². The van der Waals surface area contributed by atoms with Gasteiger partial charge in [0.05, 0.1) is 12.2 Å². The first-order valence-corrected chi connectivity index (χ1v) is 5.85. The molecule has 0 amide bonds. The van der Waals surface area contributed by atoms with Gasteiger partial charge in [0.1, 0.15) is 12.4 Å². The number of rotatable bonds is 5. The maximum Gasteiger partial charge on any atom is 0.349 e. The first-order valence-electron chi connectivity index (χ1n) is 4.98. The Morgan fingerprint density at radius 3 is 2.69 bits per heavy atom. The van der Waals surface area contributed by atoms with Crippen LogP contribution in [0.5, 0.6) is 5.75 Å². The molecular formula is C11H16O4S. The molecule has 0 saturated carbocycles. The Kier molecular flexibility index (Phi) is 4.32. The van der Waals surface area contributed by atoms with Crippen LogP contribution in [-0.4, -0.2) is 29.9 Å². The SMILES string of the molecule is CC(C)(C)OCCOc1ccsc1C(=O)O. The lowest BCUT2D eigenvalue weighted by molar-refractivity contribution is -0.0164. The monoisotopic (exact) mass is 244 g/mol. The van der Waals surface area contributed by atoms with Crippen LogP contribution in [0.3, 0.4) is 0 Å². The van der Waals surface area contributed by atoms with Gasteiger partial charge in [-0.2, -0.15) is 0 Å². The summed E-state index contributed by atoms with van der Waals surface area (Å²) < 4.78 is 10.8. The number of ether oxygens (including phenoxy) is 2. The van der Waals surface area contributed by atoms with Gasteiger partial charge in [-0.25, -0.2) is 4.79 Å². The summed E-state index contributed by atoms with van der Waals surface area (Å²) in [5.41, 5.74) is -0.201. The molecule has 0 unspecified atom stereocenters. The van der Waals surface area contributed by atoms with Crippen molar-refractivity contribution in [2.75, 3.05) is 13.2 Å². The van der Waals surface area contributed by atoms with Gasteiger partial charge in [0.25, 0.3) is 0 Å². The second kappa shape index (κ2) is 5.32. The molecular weight excluding hydrogens is 228 g/mol. The van der Waals surface area contributed by atoms with Crippen molar-refractivity contribution in [2.24, 2.45) is 0 Å². The van der Waals surface area contributed by atoms with E-state index in [1.807, 2.05) is 20.8 Å². The minimum Gasteiger partial charge on any atom is -0.489 e. The molecule has 0 saturated heterocycles. The van der Waals surface area contributed by atoms with E-state index in [1.54, 1.807) is 11.4 Å². The quantitative estimate of drug-likeness (QED) is 0.809. The number of carbonyl (C=O) groups is 1. The van der Waals surface area contributed by atoms with Gasteiger partial charge in [0.15, 0.2) is 4.88 Å². The lowest BCUT2D eigenvalue weighted by Crippen LogP contribution is -2.22. The molecule has 0 bridgehead atoms. The van der Waals surface area contributed by atoms with Gasteiger partial charge in [-0.1, -0.05) is 0 Å². The zero-order valence-corrected chi connectivity index (χ0v) is 10.5. The highest BCUT2D eigenvalue weighted by atomic mass is 32.1. The molecule has 4 nitrogen and oxygen atoms in total. The van der Waals surface area contributed by atoms with Crippen molar-refractivity contribution in [1.29, 1.82) is 0 Å². The number of carboxylic acids is 1. The van der Waals surface area contributed by atoms with Crippen molar-refractivity contribution < 1.29 is 19.4 Å². The summed E-state index contributed by atoms with van der Waals surface area (Å²) in [5.74, 6) is -0.545. The minimum atomic E-state index is -0.957. The highest BCUT2D eigenvalue weighted by molar-refractivity contribution is 7.12. The highest BCUT2D eigenvalue weighted by Crippen LogP contribution is 2.24. The van der Waals surface area contributed by atoms with Crippen LogP contribution in [-0.2, 0) is 4.74 Å². The van der Waals surface area contributed by atoms with E-state index in [4.69, 9.17) is 14.6 Å². The van der Waals surface area contributed by atoms with Crippen molar-refractivity contribution in [3.63, 3.8) is 0 Å². The summed E-state index contributed by atoms with van der Waals surface area (Å²) >= 11 is 1.16. The predicted molar refractivity (Wildman–Crippen MR) is 62.5 cm³/mol. The molecule has 0 atom stereocenters. The minimum absolute atomic E-state index is 0.201. The maximum atomic E-state index is 10.8. The Balaban J connectivity index is 2.38. The summed E-state index contributed by atoms with van der Waals surface area (Å²) in [6, 6.07) is 1.66. The molecule has 16 heavy (non-hydrogen) atoms. The number of aromatic carboxylic acids is 1. The summed E-state index contributed by atoms with van der Waals surface area (Å²) in [5, 5.41) is 10.5. The summed E-state index contributed by atoms with van der Waals surface area (Å²) in [6.07, 6.45) is 0. The Morgan fingerprint density at radius 1 is 1.44 bits per heavy atom. The molecule has 0 spiro atoms. The number of thiophene rings is 1. The molecule has 1 rings (SSSR count). The van der Waals surface area contributed by atoms with Crippen LogP contribution >= 0.6 is 11.3 Å². The highest BCUT2D eigenvalue weighted by Gasteiger charge is 2.13. The zero-order chi connectivity index (χ0) is 12.2. The lowest BCUT2D eigenvalue weighted by atomic mass is 10.2. The van der Waals surface area contributed by atoms with Gasteiger partial charge in [-0.15, -0.1) is 11.3 Å². The van der Waals surface area contributed by atoms with Crippen molar-refractivity contribution in [2.45, 2.75) is 26.4 Å². The summed E-state index contributed by atoms with van der Waals surface area (Å²) in [7, 11) is 0. The average Bonchev–Trinajstić information content (AvgIpc) is 2.58. The topological polar surface area (TPSA) is 55.8 Å². The summed E-state index contributed by atoms with van der Waals surface area (Å²) in [6.45, 7) is 6.67. The van der Waals surface area contributed by atoms with E-state index < -0.39 is 5.97 Å². The molecule has 1 aromatic rings. The van der Waals surface area contributed by atoms with Crippen molar-refractivity contribution >= 4 is 17.3 Å². The van der Waals surface area contributed by atoms with Gasteiger partial charge >= 0.3 is 5.97 Å². The molecule has 0 radical (unpaired) electrons. The van der Waals surface area contributed by atoms with E-state index in [1.165, 1.54) is 0 Å². The molecule has 0 aromatic carbocycles. The molecule has 1 N–H and O–H groups in total. The predicted octanol–water partition coefficient (Wildman–Crippen LogP) is 2.64. The summed E-state index contributed by atoms with van der Waals surface area (Å²) in [4.78, 5) is 11.0. The van der Waals surface area contributed by atoms with Gasteiger partial charge in [-0.05, 0) is 32.2 Å². The van der Waals surface area contributed by atoms with Crippen molar-refractivity contribution in [1.82, 2.24) is 0 Å². The van der Waals surface area contributed by atoms with Crippen LogP contribution in [0.1, 0.15) is 30.4 Å². The molecule has 0 fully saturated rings. The van der Waals surface area contributed by atoms with Gasteiger partial charge in [-0.3, -0.25) is 0 Å². The number of carboxylic acid groups (broad SMARTS) is 1. The van der Waals surface area contributed by atoms with Crippen molar-refractivity contribution in [3.05, 3.63) is 16.3 Å². The van der Waals surface area contributed by atoms with E-state index in [9.17, 15) is 4.79 Å². The fourth-order valence-electron chi connectivity index (χ4n) is 1.07. The molecule has 5 heteroatoms. The van der Waals surface area contributed by atoms with Crippen LogP contribution in [0.4, 0.5) is 0 Å². The third kappa shape index (κ3) is 4.20. The average molecular weight is 244 g/mol. The number of hydrogen-bond donors (Lipinski definition) is 1. The lowest BCUT2D eigenvalue weighted by Gasteiger charge is -2.19. The standard InChI is InChI=1S/C11H16O4S/c1-11(2,3)15-6-5-14-8-4-7-16-9(8)10(12)13/h4,7H,5-6H2,1-3H3,(H,12,13). The van der Waals surface area contributed by atoms with Gasteiger partial charge in [0, 0.05) is 0 Å². The van der Waals surface area contributed by atoms with Crippen LogP contribution < -0.4 is 4.74 Å². The van der Waals surface area contributed by atoms with Crippen LogP contribution in [0, 0.1) is 0 Å². The van der Waals surface area contributed by atoms with Crippen LogP contribution in [0.15, 0.2) is 11.4 Å². The maximum absolute atomic E-state index is 10.8. The van der Waals surface area contributed by atoms with Crippen molar-refractivity contribution in [3.8, 4) is 5.75 Å². The van der Waals surface area contributed by atoms with Gasteiger partial charge in [0.2, 0.25) is 0 Å². The van der Waals surface area contributed by atoms with E-state index >= 15 is 0 Å². The van der Waals surface area contributed by atoms with Gasteiger partial charge < -0.3 is 14.6 Å². The smallest absolute Gasteiger partial charge is 0.349 e. The first kappa shape index (κ1) is 13.0.